The van der Waals surface area contributed by atoms with Gasteiger partial charge >= 0.3 is 0 Å². The molecule has 1 N–H and O–H groups in total. The zero-order valence-corrected chi connectivity index (χ0v) is 13.2. The zero-order valence-electron chi connectivity index (χ0n) is 13.2. The molecule has 1 amide bonds. The standard InChI is InChI=1S/C19H22N2O/c1-3-18(13-16-7-5-4-6-8-16)20-21-19(22)14-17-11-9-15(2)10-12-17/h4-12H,3,13-14H2,1-2H3,(H,21,22)/b20-18-. The van der Waals surface area contributed by atoms with Gasteiger partial charge in [-0.1, -0.05) is 67.1 Å². The second-order valence-corrected chi connectivity index (χ2v) is 5.39. The molecule has 2 rings (SSSR count). The molecular weight excluding hydrogens is 272 g/mol. The molecule has 22 heavy (non-hydrogen) atoms. The van der Waals surface area contributed by atoms with Crippen LogP contribution in [0.3, 0.4) is 0 Å². The van der Waals surface area contributed by atoms with Gasteiger partial charge in [-0.15, -0.1) is 0 Å². The fourth-order valence-electron chi connectivity index (χ4n) is 2.15. The van der Waals surface area contributed by atoms with E-state index in [0.717, 1.165) is 24.1 Å². The number of aryl methyl sites for hydroxylation is 1. The van der Waals surface area contributed by atoms with Crippen LogP contribution < -0.4 is 5.43 Å². The van der Waals surface area contributed by atoms with Crippen LogP contribution in [0.1, 0.15) is 30.0 Å². The molecule has 3 heteroatoms. The first-order valence-electron chi connectivity index (χ1n) is 7.61. The Morgan fingerprint density at radius 2 is 1.59 bits per heavy atom. The van der Waals surface area contributed by atoms with E-state index < -0.39 is 0 Å². The number of hydrogen-bond acceptors (Lipinski definition) is 2. The summed E-state index contributed by atoms with van der Waals surface area (Å²) >= 11 is 0. The lowest BCUT2D eigenvalue weighted by Crippen LogP contribution is -2.22. The highest BCUT2D eigenvalue weighted by molar-refractivity contribution is 5.88. The van der Waals surface area contributed by atoms with Crippen molar-refractivity contribution in [1.29, 1.82) is 0 Å². The molecule has 0 aliphatic rings. The molecule has 0 aromatic heterocycles. The van der Waals surface area contributed by atoms with Crippen molar-refractivity contribution >= 4 is 11.6 Å². The number of amides is 1. The maximum atomic E-state index is 12.0. The van der Waals surface area contributed by atoms with Crippen LogP contribution in [0, 0.1) is 6.92 Å². The molecule has 0 aliphatic heterocycles. The lowest BCUT2D eigenvalue weighted by atomic mass is 10.1. The molecule has 0 saturated carbocycles. The third kappa shape index (κ3) is 5.17. The minimum Gasteiger partial charge on any atom is -0.273 e. The number of hydrogen-bond donors (Lipinski definition) is 1. The van der Waals surface area contributed by atoms with E-state index in [1.54, 1.807) is 0 Å². The number of nitrogens with zero attached hydrogens (tertiary/aromatic N) is 1. The van der Waals surface area contributed by atoms with Crippen LogP contribution in [0.15, 0.2) is 59.7 Å². The molecule has 3 nitrogen and oxygen atoms in total. The van der Waals surface area contributed by atoms with Crippen molar-refractivity contribution in [3.8, 4) is 0 Å². The van der Waals surface area contributed by atoms with Gasteiger partial charge in [0.25, 0.3) is 0 Å². The monoisotopic (exact) mass is 294 g/mol. The Labute approximate surface area is 132 Å². The van der Waals surface area contributed by atoms with Crippen LogP contribution >= 0.6 is 0 Å². The third-order valence-electron chi connectivity index (χ3n) is 3.48. The van der Waals surface area contributed by atoms with Crippen molar-refractivity contribution in [3.05, 3.63) is 71.3 Å². The van der Waals surface area contributed by atoms with Crippen molar-refractivity contribution in [3.63, 3.8) is 0 Å². The summed E-state index contributed by atoms with van der Waals surface area (Å²) in [6.07, 6.45) is 1.94. The second-order valence-electron chi connectivity index (χ2n) is 5.39. The lowest BCUT2D eigenvalue weighted by Gasteiger charge is -2.06. The number of benzene rings is 2. The smallest absolute Gasteiger partial charge is 0.244 e. The highest BCUT2D eigenvalue weighted by Crippen LogP contribution is 2.05. The predicted octanol–water partition coefficient (Wildman–Crippen LogP) is 3.66. The van der Waals surface area contributed by atoms with E-state index in [9.17, 15) is 4.79 Å². The summed E-state index contributed by atoms with van der Waals surface area (Å²) in [5.41, 5.74) is 7.04. The molecular formula is C19H22N2O. The Morgan fingerprint density at radius 1 is 0.955 bits per heavy atom. The average Bonchev–Trinajstić information content (AvgIpc) is 2.54. The van der Waals surface area contributed by atoms with E-state index in [1.807, 2.05) is 56.3 Å². The minimum absolute atomic E-state index is 0.0807. The van der Waals surface area contributed by atoms with Crippen LogP contribution in [-0.2, 0) is 17.6 Å². The van der Waals surface area contributed by atoms with Crippen LogP contribution in [0.4, 0.5) is 0 Å². The molecule has 0 unspecified atom stereocenters. The molecule has 0 spiro atoms. The molecule has 0 saturated heterocycles. The number of carbonyl (C=O) groups excluding carboxylic acids is 1. The van der Waals surface area contributed by atoms with Crippen molar-refractivity contribution in [2.45, 2.75) is 33.1 Å². The quantitative estimate of drug-likeness (QED) is 0.641. The molecule has 0 heterocycles. The van der Waals surface area contributed by atoms with Gasteiger partial charge in [-0.05, 0) is 24.5 Å². The van der Waals surface area contributed by atoms with Crippen LogP contribution in [0.2, 0.25) is 0 Å². The number of nitrogens with one attached hydrogen (secondary N) is 1. The summed E-state index contributed by atoms with van der Waals surface area (Å²) in [6.45, 7) is 4.08. The van der Waals surface area contributed by atoms with E-state index >= 15 is 0 Å². The van der Waals surface area contributed by atoms with Gasteiger partial charge in [0.1, 0.15) is 0 Å². The van der Waals surface area contributed by atoms with Gasteiger partial charge in [0.2, 0.25) is 5.91 Å². The molecule has 0 atom stereocenters. The summed E-state index contributed by atoms with van der Waals surface area (Å²) in [5.74, 6) is -0.0807. The van der Waals surface area contributed by atoms with Gasteiger partial charge < -0.3 is 0 Å². The van der Waals surface area contributed by atoms with Gasteiger partial charge in [0, 0.05) is 12.1 Å². The van der Waals surface area contributed by atoms with E-state index in [2.05, 4.69) is 22.7 Å². The topological polar surface area (TPSA) is 41.5 Å². The Kier molecular flexibility index (Phi) is 5.90. The predicted molar refractivity (Wildman–Crippen MR) is 90.9 cm³/mol. The average molecular weight is 294 g/mol. The normalized spacial score (nSPS) is 11.3. The van der Waals surface area contributed by atoms with Gasteiger partial charge in [0.05, 0.1) is 6.42 Å². The van der Waals surface area contributed by atoms with Gasteiger partial charge in [-0.2, -0.15) is 5.10 Å². The van der Waals surface area contributed by atoms with Crippen molar-refractivity contribution < 1.29 is 4.79 Å². The van der Waals surface area contributed by atoms with Gasteiger partial charge in [0.15, 0.2) is 0 Å². The van der Waals surface area contributed by atoms with Crippen LogP contribution in [0.25, 0.3) is 0 Å². The fourth-order valence-corrected chi connectivity index (χ4v) is 2.15. The first-order chi connectivity index (χ1) is 10.7. The Morgan fingerprint density at radius 3 is 2.23 bits per heavy atom. The second kappa shape index (κ2) is 8.13. The molecule has 2 aromatic carbocycles. The lowest BCUT2D eigenvalue weighted by molar-refractivity contribution is -0.120. The highest BCUT2D eigenvalue weighted by Gasteiger charge is 2.04. The van der Waals surface area contributed by atoms with E-state index in [4.69, 9.17) is 0 Å². The first-order valence-corrected chi connectivity index (χ1v) is 7.61. The Balaban J connectivity index is 1.90. The zero-order chi connectivity index (χ0) is 15.8. The molecule has 0 bridgehead atoms. The summed E-state index contributed by atoms with van der Waals surface area (Å²) in [5, 5.41) is 4.27. The van der Waals surface area contributed by atoms with Gasteiger partial charge in [-0.25, -0.2) is 5.43 Å². The van der Waals surface area contributed by atoms with E-state index in [-0.39, 0.29) is 5.91 Å². The van der Waals surface area contributed by atoms with Crippen molar-refractivity contribution in [2.75, 3.05) is 0 Å². The largest absolute Gasteiger partial charge is 0.273 e. The summed E-state index contributed by atoms with van der Waals surface area (Å²) in [7, 11) is 0. The minimum atomic E-state index is -0.0807. The summed E-state index contributed by atoms with van der Waals surface area (Å²) < 4.78 is 0. The van der Waals surface area contributed by atoms with E-state index in [0.29, 0.717) is 6.42 Å². The number of carbonyl (C=O) groups is 1. The van der Waals surface area contributed by atoms with Crippen LogP contribution in [-0.4, -0.2) is 11.6 Å². The molecule has 0 fully saturated rings. The number of rotatable bonds is 6. The van der Waals surface area contributed by atoms with Crippen molar-refractivity contribution in [1.82, 2.24) is 5.43 Å². The molecule has 0 radical (unpaired) electrons. The third-order valence-corrected chi connectivity index (χ3v) is 3.48. The Hall–Kier alpha value is -2.42. The molecule has 114 valence electrons. The van der Waals surface area contributed by atoms with E-state index in [1.165, 1.54) is 11.1 Å². The molecule has 2 aromatic rings. The Bertz CT molecular complexity index is 630. The summed E-state index contributed by atoms with van der Waals surface area (Å²) in [6, 6.07) is 18.1. The first kappa shape index (κ1) is 16.0. The maximum absolute atomic E-state index is 12.0. The van der Waals surface area contributed by atoms with Gasteiger partial charge in [-0.3, -0.25) is 4.79 Å². The highest BCUT2D eigenvalue weighted by atomic mass is 16.2. The summed E-state index contributed by atoms with van der Waals surface area (Å²) in [4.78, 5) is 12.0. The van der Waals surface area contributed by atoms with Crippen molar-refractivity contribution in [2.24, 2.45) is 5.10 Å². The fraction of sp³-hybridized carbons (Fsp3) is 0.263. The molecule has 0 aliphatic carbocycles. The SMILES string of the molecule is CC/C(Cc1ccccc1)=N/NC(=O)Cc1ccc(C)cc1. The van der Waals surface area contributed by atoms with Crippen LogP contribution in [0.5, 0.6) is 0 Å². The maximum Gasteiger partial charge on any atom is 0.244 e. The number of hydrazone groups is 1.